The van der Waals surface area contributed by atoms with Gasteiger partial charge in [-0.15, -0.1) is 0 Å². The lowest BCUT2D eigenvalue weighted by Gasteiger charge is -2.22. The van der Waals surface area contributed by atoms with Gasteiger partial charge in [0.1, 0.15) is 0 Å². The first kappa shape index (κ1) is 17.0. The van der Waals surface area contributed by atoms with Crippen LogP contribution in [0.25, 0.3) is 0 Å². The van der Waals surface area contributed by atoms with Gasteiger partial charge in [-0.05, 0) is 38.8 Å². The molecule has 1 atom stereocenters. The summed E-state index contributed by atoms with van der Waals surface area (Å²) in [5.41, 5.74) is 3.05. The van der Waals surface area contributed by atoms with Gasteiger partial charge in [-0.3, -0.25) is 9.89 Å². The van der Waals surface area contributed by atoms with Gasteiger partial charge >= 0.3 is 5.97 Å². The van der Waals surface area contributed by atoms with Crippen molar-refractivity contribution in [3.8, 4) is 0 Å². The Labute approximate surface area is 146 Å². The van der Waals surface area contributed by atoms with Gasteiger partial charge in [0.25, 0.3) is 5.91 Å². The van der Waals surface area contributed by atoms with Gasteiger partial charge in [0.05, 0.1) is 11.3 Å². The van der Waals surface area contributed by atoms with Crippen LogP contribution in [0.1, 0.15) is 46.2 Å². The molecule has 132 valence electrons. The van der Waals surface area contributed by atoms with Gasteiger partial charge in [0.2, 0.25) is 0 Å². The second-order valence-electron chi connectivity index (χ2n) is 6.30. The molecule has 1 fully saturated rings. The standard InChI is InChI=1S/C18H22N4O3/c1-11-15(12(2)21-20-11)16(18(24)25)19-17(23)13-7-3-4-8-14(13)22-9-5-6-10-22/h3-4,7-8,16H,5-6,9-10H2,1-2H3,(H,19,23)(H,20,21)(H,24,25). The molecule has 0 spiro atoms. The number of anilines is 1. The van der Waals surface area contributed by atoms with E-state index in [-0.39, 0.29) is 0 Å². The van der Waals surface area contributed by atoms with E-state index in [2.05, 4.69) is 20.4 Å². The second-order valence-corrected chi connectivity index (χ2v) is 6.30. The largest absolute Gasteiger partial charge is 0.479 e. The number of aromatic amines is 1. The van der Waals surface area contributed by atoms with Crippen molar-refractivity contribution >= 4 is 17.6 Å². The molecule has 7 nitrogen and oxygen atoms in total. The third-order valence-corrected chi connectivity index (χ3v) is 4.59. The van der Waals surface area contributed by atoms with Crippen LogP contribution in [-0.2, 0) is 4.79 Å². The molecule has 1 aliphatic rings. The molecule has 0 aliphatic carbocycles. The molecule has 0 saturated carbocycles. The Morgan fingerprint density at radius 1 is 1.24 bits per heavy atom. The SMILES string of the molecule is Cc1n[nH]c(C)c1C(NC(=O)c1ccccc1N1CCCC1)C(=O)O. The predicted octanol–water partition coefficient (Wildman–Crippen LogP) is 2.18. The zero-order valence-electron chi connectivity index (χ0n) is 14.4. The number of aryl methyl sites for hydroxylation is 2. The Kier molecular flexibility index (Phi) is 4.74. The molecule has 0 bridgehead atoms. The highest BCUT2D eigenvalue weighted by Crippen LogP contribution is 2.26. The number of hydrogen-bond donors (Lipinski definition) is 3. The monoisotopic (exact) mass is 342 g/mol. The maximum Gasteiger partial charge on any atom is 0.331 e. The summed E-state index contributed by atoms with van der Waals surface area (Å²) in [6.45, 7) is 5.29. The Morgan fingerprint density at radius 2 is 1.92 bits per heavy atom. The summed E-state index contributed by atoms with van der Waals surface area (Å²) in [6, 6.07) is 6.18. The number of carbonyl (C=O) groups excluding carboxylic acids is 1. The van der Waals surface area contributed by atoms with Crippen molar-refractivity contribution in [1.29, 1.82) is 0 Å². The van der Waals surface area contributed by atoms with Gasteiger partial charge in [0, 0.05) is 30.0 Å². The first-order valence-corrected chi connectivity index (χ1v) is 8.38. The summed E-state index contributed by atoms with van der Waals surface area (Å²) in [5, 5.41) is 19.1. The molecule has 0 radical (unpaired) electrons. The number of nitrogens with zero attached hydrogens (tertiary/aromatic N) is 2. The number of amides is 1. The van der Waals surface area contributed by atoms with E-state index in [1.165, 1.54) is 0 Å². The maximum atomic E-state index is 12.8. The molecule has 1 amide bonds. The van der Waals surface area contributed by atoms with Crippen LogP contribution >= 0.6 is 0 Å². The summed E-state index contributed by atoms with van der Waals surface area (Å²) >= 11 is 0. The zero-order valence-corrected chi connectivity index (χ0v) is 14.4. The molecule has 1 saturated heterocycles. The highest BCUT2D eigenvalue weighted by molar-refractivity contribution is 6.01. The molecule has 7 heteroatoms. The number of para-hydroxylation sites is 1. The summed E-state index contributed by atoms with van der Waals surface area (Å²) < 4.78 is 0. The van der Waals surface area contributed by atoms with Gasteiger partial charge in [-0.2, -0.15) is 5.10 Å². The molecule has 2 heterocycles. The van der Waals surface area contributed by atoms with Crippen LogP contribution in [0.3, 0.4) is 0 Å². The lowest BCUT2D eigenvalue weighted by atomic mass is 10.0. The second kappa shape index (κ2) is 6.96. The fourth-order valence-corrected chi connectivity index (χ4v) is 3.35. The van der Waals surface area contributed by atoms with Gasteiger partial charge in [0.15, 0.2) is 6.04 Å². The Bertz CT molecular complexity index is 774. The van der Waals surface area contributed by atoms with Gasteiger partial charge < -0.3 is 15.3 Å². The van der Waals surface area contributed by atoms with Crippen molar-refractivity contribution in [2.45, 2.75) is 32.7 Å². The van der Waals surface area contributed by atoms with Crippen LogP contribution in [0.15, 0.2) is 24.3 Å². The molecule has 1 unspecified atom stereocenters. The van der Waals surface area contributed by atoms with Crippen molar-refractivity contribution in [2.75, 3.05) is 18.0 Å². The fraction of sp³-hybridized carbons (Fsp3) is 0.389. The van der Waals surface area contributed by atoms with Crippen LogP contribution in [0, 0.1) is 13.8 Å². The number of carbonyl (C=O) groups is 2. The number of hydrogen-bond acceptors (Lipinski definition) is 4. The smallest absolute Gasteiger partial charge is 0.331 e. The molecule has 25 heavy (non-hydrogen) atoms. The van der Waals surface area contributed by atoms with Crippen LogP contribution < -0.4 is 10.2 Å². The van der Waals surface area contributed by atoms with Crippen molar-refractivity contribution < 1.29 is 14.7 Å². The van der Waals surface area contributed by atoms with Crippen LogP contribution in [0.4, 0.5) is 5.69 Å². The minimum Gasteiger partial charge on any atom is -0.479 e. The van der Waals surface area contributed by atoms with Crippen molar-refractivity contribution in [3.63, 3.8) is 0 Å². The number of carboxylic acids is 1. The van der Waals surface area contributed by atoms with E-state index in [0.717, 1.165) is 31.6 Å². The maximum absolute atomic E-state index is 12.8. The normalized spacial score (nSPS) is 15.2. The Hall–Kier alpha value is -2.83. The van der Waals surface area contributed by atoms with Gasteiger partial charge in [-0.1, -0.05) is 12.1 Å². The topological polar surface area (TPSA) is 98.3 Å². The lowest BCUT2D eigenvalue weighted by Crippen LogP contribution is -2.35. The van der Waals surface area contributed by atoms with Crippen molar-refractivity contribution in [3.05, 3.63) is 46.8 Å². The molecule has 1 aromatic carbocycles. The highest BCUT2D eigenvalue weighted by atomic mass is 16.4. The minimum absolute atomic E-state index is 0.394. The van der Waals surface area contributed by atoms with E-state index in [1.54, 1.807) is 26.0 Å². The third-order valence-electron chi connectivity index (χ3n) is 4.59. The average molecular weight is 342 g/mol. The molecule has 2 aromatic rings. The number of H-pyrrole nitrogens is 1. The number of rotatable bonds is 5. The van der Waals surface area contributed by atoms with E-state index in [9.17, 15) is 14.7 Å². The first-order chi connectivity index (χ1) is 12.0. The molecule has 3 N–H and O–H groups in total. The van der Waals surface area contributed by atoms with E-state index in [1.807, 2.05) is 12.1 Å². The number of nitrogens with one attached hydrogen (secondary N) is 2. The quantitative estimate of drug-likeness (QED) is 0.774. The molecular weight excluding hydrogens is 320 g/mol. The Morgan fingerprint density at radius 3 is 2.52 bits per heavy atom. The van der Waals surface area contributed by atoms with Crippen LogP contribution in [0.2, 0.25) is 0 Å². The average Bonchev–Trinajstić information content (AvgIpc) is 3.23. The summed E-state index contributed by atoms with van der Waals surface area (Å²) in [6.07, 6.45) is 2.20. The van der Waals surface area contributed by atoms with E-state index in [4.69, 9.17) is 0 Å². The first-order valence-electron chi connectivity index (χ1n) is 8.38. The number of aliphatic carboxylic acids is 1. The molecule has 1 aromatic heterocycles. The van der Waals surface area contributed by atoms with Crippen LogP contribution in [-0.4, -0.2) is 40.3 Å². The van der Waals surface area contributed by atoms with E-state index >= 15 is 0 Å². The summed E-state index contributed by atoms with van der Waals surface area (Å²) in [4.78, 5) is 26.7. The number of aromatic nitrogens is 2. The van der Waals surface area contributed by atoms with Gasteiger partial charge in [-0.25, -0.2) is 4.79 Å². The summed E-state index contributed by atoms with van der Waals surface area (Å²) in [5.74, 6) is -1.51. The Balaban J connectivity index is 1.89. The molecule has 1 aliphatic heterocycles. The van der Waals surface area contributed by atoms with Crippen molar-refractivity contribution in [2.24, 2.45) is 0 Å². The fourth-order valence-electron chi connectivity index (χ4n) is 3.35. The number of carboxylic acid groups (broad SMARTS) is 1. The minimum atomic E-state index is -1.14. The van der Waals surface area contributed by atoms with E-state index in [0.29, 0.717) is 22.5 Å². The molecular formula is C18H22N4O3. The lowest BCUT2D eigenvalue weighted by molar-refractivity contribution is -0.139. The highest BCUT2D eigenvalue weighted by Gasteiger charge is 2.29. The zero-order chi connectivity index (χ0) is 18.0. The van der Waals surface area contributed by atoms with Crippen LogP contribution in [0.5, 0.6) is 0 Å². The summed E-state index contributed by atoms with van der Waals surface area (Å²) in [7, 11) is 0. The number of benzene rings is 1. The van der Waals surface area contributed by atoms with Crippen molar-refractivity contribution in [1.82, 2.24) is 15.5 Å². The molecule has 3 rings (SSSR count). The predicted molar refractivity (Wildman–Crippen MR) is 93.8 cm³/mol. The third kappa shape index (κ3) is 3.35. The van der Waals surface area contributed by atoms with E-state index < -0.39 is 17.9 Å².